The van der Waals surface area contributed by atoms with E-state index in [9.17, 15) is 14.7 Å². The van der Waals surface area contributed by atoms with Gasteiger partial charge in [-0.25, -0.2) is 0 Å². The van der Waals surface area contributed by atoms with Crippen LogP contribution in [-0.2, 0) is 4.79 Å². The number of ketones is 2. The summed E-state index contributed by atoms with van der Waals surface area (Å²) < 4.78 is 0. The Morgan fingerprint density at radius 1 is 0.941 bits per heavy atom. The molecule has 0 amide bonds. The quantitative estimate of drug-likeness (QED) is 0.697. The zero-order chi connectivity index (χ0) is 12.8. The minimum absolute atomic E-state index is 0.0716. The van der Waals surface area contributed by atoms with Gasteiger partial charge in [0.1, 0.15) is 5.76 Å². The molecule has 1 N–H and O–H groups in total. The molecule has 1 aromatic rings. The summed E-state index contributed by atoms with van der Waals surface area (Å²) in [7, 11) is 0. The third-order valence-corrected chi connectivity index (χ3v) is 2.85. The third-order valence-electron chi connectivity index (χ3n) is 2.85. The maximum atomic E-state index is 12.0. The number of aliphatic hydroxyl groups excluding tert-OH is 1. The van der Waals surface area contributed by atoms with Gasteiger partial charge in [0.25, 0.3) is 0 Å². The molecule has 2 rings (SSSR count). The lowest BCUT2D eigenvalue weighted by Crippen LogP contribution is -2.30. The van der Waals surface area contributed by atoms with E-state index in [1.54, 1.807) is 45.0 Å². The zero-order valence-electron chi connectivity index (χ0n) is 10.1. The Labute approximate surface area is 99.8 Å². The molecule has 88 valence electrons. The summed E-state index contributed by atoms with van der Waals surface area (Å²) in [5, 5.41) is 10.2. The Morgan fingerprint density at radius 2 is 1.47 bits per heavy atom. The van der Waals surface area contributed by atoms with E-state index in [4.69, 9.17) is 0 Å². The number of carbonyl (C=O) groups excluding carboxylic acids is 2. The lowest BCUT2D eigenvalue weighted by molar-refractivity contribution is -0.112. The van der Waals surface area contributed by atoms with Crippen molar-refractivity contribution in [3.63, 3.8) is 0 Å². The fourth-order valence-electron chi connectivity index (χ4n) is 2.06. The molecule has 17 heavy (non-hydrogen) atoms. The van der Waals surface area contributed by atoms with Crippen molar-refractivity contribution in [2.24, 2.45) is 5.41 Å². The SMILES string of the molecule is CC(C)(C)C1=C(O)c2ccccc2C(=O)C1=O. The summed E-state index contributed by atoms with van der Waals surface area (Å²) in [6.45, 7) is 5.41. The zero-order valence-corrected chi connectivity index (χ0v) is 10.1. The first-order valence-corrected chi connectivity index (χ1v) is 5.46. The summed E-state index contributed by atoms with van der Waals surface area (Å²) in [5.41, 5.74) is 0.371. The summed E-state index contributed by atoms with van der Waals surface area (Å²) in [5.74, 6) is -1.21. The second kappa shape index (κ2) is 3.55. The van der Waals surface area contributed by atoms with Gasteiger partial charge in [-0.3, -0.25) is 9.59 Å². The molecule has 1 aromatic carbocycles. The van der Waals surface area contributed by atoms with Crippen LogP contribution >= 0.6 is 0 Å². The molecule has 0 atom stereocenters. The van der Waals surface area contributed by atoms with E-state index in [0.717, 1.165) is 0 Å². The van der Waals surface area contributed by atoms with E-state index in [-0.39, 0.29) is 16.9 Å². The van der Waals surface area contributed by atoms with Crippen molar-refractivity contribution in [2.45, 2.75) is 20.8 Å². The van der Waals surface area contributed by atoms with Crippen LogP contribution in [0.2, 0.25) is 0 Å². The number of fused-ring (bicyclic) bond motifs is 1. The van der Waals surface area contributed by atoms with Crippen LogP contribution < -0.4 is 0 Å². The van der Waals surface area contributed by atoms with Crippen LogP contribution in [0, 0.1) is 5.41 Å². The molecular formula is C14H14O3. The van der Waals surface area contributed by atoms with E-state index in [0.29, 0.717) is 5.56 Å². The van der Waals surface area contributed by atoms with Crippen molar-refractivity contribution in [2.75, 3.05) is 0 Å². The Hall–Kier alpha value is -1.90. The molecule has 0 heterocycles. The normalized spacial score (nSPS) is 16.2. The van der Waals surface area contributed by atoms with Crippen molar-refractivity contribution in [1.82, 2.24) is 0 Å². The van der Waals surface area contributed by atoms with Crippen molar-refractivity contribution in [3.05, 3.63) is 41.0 Å². The van der Waals surface area contributed by atoms with Crippen LogP contribution in [0.1, 0.15) is 36.7 Å². The smallest absolute Gasteiger partial charge is 0.234 e. The number of benzene rings is 1. The largest absolute Gasteiger partial charge is 0.507 e. The molecule has 0 saturated heterocycles. The van der Waals surface area contributed by atoms with Gasteiger partial charge in [-0.15, -0.1) is 0 Å². The Morgan fingerprint density at radius 3 is 2.00 bits per heavy atom. The number of rotatable bonds is 0. The number of hydrogen-bond donors (Lipinski definition) is 1. The average Bonchev–Trinajstić information content (AvgIpc) is 2.24. The van der Waals surface area contributed by atoms with Crippen LogP contribution in [0.15, 0.2) is 29.8 Å². The van der Waals surface area contributed by atoms with Gasteiger partial charge in [-0.2, -0.15) is 0 Å². The molecule has 0 aliphatic heterocycles. The predicted octanol–water partition coefficient (Wildman–Crippen LogP) is 2.77. The van der Waals surface area contributed by atoms with Gasteiger partial charge < -0.3 is 5.11 Å². The predicted molar refractivity (Wildman–Crippen MR) is 64.8 cm³/mol. The Balaban J connectivity index is 2.78. The fraction of sp³-hybridized carbons (Fsp3) is 0.286. The van der Waals surface area contributed by atoms with Gasteiger partial charge in [-0.05, 0) is 5.41 Å². The minimum atomic E-state index is -0.603. The Kier molecular flexibility index (Phi) is 2.42. The highest BCUT2D eigenvalue weighted by Crippen LogP contribution is 2.37. The first kappa shape index (κ1) is 11.6. The van der Waals surface area contributed by atoms with Gasteiger partial charge in [0.05, 0.1) is 5.57 Å². The molecular weight excluding hydrogens is 216 g/mol. The number of aliphatic hydroxyl groups is 1. The topological polar surface area (TPSA) is 54.4 Å². The molecule has 1 aliphatic carbocycles. The van der Waals surface area contributed by atoms with Crippen molar-refractivity contribution >= 4 is 17.3 Å². The first-order valence-electron chi connectivity index (χ1n) is 5.46. The summed E-state index contributed by atoms with van der Waals surface area (Å²) in [4.78, 5) is 23.9. The Bertz CT molecular complexity index is 545. The van der Waals surface area contributed by atoms with Gasteiger partial charge in [-0.1, -0.05) is 45.0 Å². The first-order chi connectivity index (χ1) is 7.84. The van der Waals surface area contributed by atoms with Gasteiger partial charge in [0.2, 0.25) is 11.6 Å². The number of allylic oxidation sites excluding steroid dienone is 1. The second-order valence-corrected chi connectivity index (χ2v) is 5.18. The number of carbonyl (C=O) groups is 2. The molecule has 0 fully saturated rings. The van der Waals surface area contributed by atoms with Crippen molar-refractivity contribution in [3.8, 4) is 0 Å². The second-order valence-electron chi connectivity index (χ2n) is 5.18. The highest BCUT2D eigenvalue weighted by Gasteiger charge is 2.38. The highest BCUT2D eigenvalue weighted by molar-refractivity contribution is 6.52. The summed E-state index contributed by atoms with van der Waals surface area (Å²) >= 11 is 0. The van der Waals surface area contributed by atoms with Crippen LogP contribution in [0.3, 0.4) is 0 Å². The molecule has 0 bridgehead atoms. The van der Waals surface area contributed by atoms with Crippen LogP contribution in [0.5, 0.6) is 0 Å². The molecule has 0 spiro atoms. The van der Waals surface area contributed by atoms with Gasteiger partial charge in [0.15, 0.2) is 0 Å². The number of Topliss-reactive ketones (excluding diaryl/α,β-unsaturated/α-hetero) is 2. The van der Waals surface area contributed by atoms with E-state index >= 15 is 0 Å². The van der Waals surface area contributed by atoms with Gasteiger partial charge >= 0.3 is 0 Å². The molecule has 0 radical (unpaired) electrons. The lowest BCUT2D eigenvalue weighted by Gasteiger charge is -2.26. The van der Waals surface area contributed by atoms with E-state index in [1.165, 1.54) is 0 Å². The maximum Gasteiger partial charge on any atom is 0.234 e. The minimum Gasteiger partial charge on any atom is -0.507 e. The van der Waals surface area contributed by atoms with Crippen molar-refractivity contribution < 1.29 is 14.7 Å². The van der Waals surface area contributed by atoms with E-state index in [1.807, 2.05) is 0 Å². The molecule has 1 aliphatic rings. The van der Waals surface area contributed by atoms with Gasteiger partial charge in [0, 0.05) is 11.1 Å². The molecule has 0 saturated carbocycles. The standard InChI is InChI=1S/C14H14O3/c1-14(2,3)10-11(15)8-6-4-5-7-9(8)12(16)13(10)17/h4-7,15H,1-3H3. The fourth-order valence-corrected chi connectivity index (χ4v) is 2.06. The third kappa shape index (κ3) is 1.68. The molecule has 3 nitrogen and oxygen atoms in total. The lowest BCUT2D eigenvalue weighted by atomic mass is 9.76. The van der Waals surface area contributed by atoms with Crippen LogP contribution in [0.25, 0.3) is 5.76 Å². The average molecular weight is 230 g/mol. The monoisotopic (exact) mass is 230 g/mol. The number of hydrogen-bond acceptors (Lipinski definition) is 3. The summed E-state index contributed by atoms with van der Waals surface area (Å²) in [6.07, 6.45) is 0. The van der Waals surface area contributed by atoms with E-state index < -0.39 is 17.0 Å². The van der Waals surface area contributed by atoms with Crippen LogP contribution in [-0.4, -0.2) is 16.7 Å². The van der Waals surface area contributed by atoms with Crippen LogP contribution in [0.4, 0.5) is 0 Å². The summed E-state index contributed by atoms with van der Waals surface area (Å²) in [6, 6.07) is 6.63. The van der Waals surface area contributed by atoms with Crippen molar-refractivity contribution in [1.29, 1.82) is 0 Å². The van der Waals surface area contributed by atoms with E-state index in [2.05, 4.69) is 0 Å². The molecule has 0 aromatic heterocycles. The highest BCUT2D eigenvalue weighted by atomic mass is 16.3. The maximum absolute atomic E-state index is 12.0. The molecule has 0 unspecified atom stereocenters. The molecule has 3 heteroatoms.